The number of phenols is 2. The molecule has 0 saturated carbocycles. The van der Waals surface area contributed by atoms with Gasteiger partial charge in [-0.3, -0.25) is 14.6 Å². The van der Waals surface area contributed by atoms with E-state index in [1.807, 2.05) is 29.5 Å². The molecule has 0 fully saturated rings. The van der Waals surface area contributed by atoms with Crippen molar-refractivity contribution >= 4 is 62.0 Å². The van der Waals surface area contributed by atoms with Crippen molar-refractivity contribution in [3.05, 3.63) is 49.5 Å². The fraction of sp³-hybridized carbons (Fsp3) is 0.318. The average molecular weight is 646 g/mol. The maximum absolute atomic E-state index is 12.6. The lowest BCUT2D eigenvalue weighted by Crippen LogP contribution is -2.42. The Balaban J connectivity index is 1.61. The first-order chi connectivity index (χ1) is 16.2. The van der Waals surface area contributed by atoms with Crippen LogP contribution in [0.15, 0.2) is 39.8 Å². The Labute approximate surface area is 218 Å². The maximum Gasteiger partial charge on any atom is 0.251 e. The zero-order valence-electron chi connectivity index (χ0n) is 18.2. The number of rotatable bonds is 7. The Kier molecular flexibility index (Phi) is 8.97. The molecule has 3 rings (SSSR count). The van der Waals surface area contributed by atoms with Crippen LogP contribution in [0.2, 0.25) is 0 Å². The number of aromatic hydroxyl groups is 2. The summed E-state index contributed by atoms with van der Waals surface area (Å²) in [5, 5.41) is 41.1. The second-order valence-corrected chi connectivity index (χ2v) is 9.73. The van der Waals surface area contributed by atoms with Gasteiger partial charge in [0.15, 0.2) is 5.96 Å². The fourth-order valence-corrected chi connectivity index (χ4v) is 4.88. The molecule has 10 nitrogen and oxygen atoms in total. The van der Waals surface area contributed by atoms with Crippen LogP contribution in [0.25, 0.3) is 0 Å². The summed E-state index contributed by atoms with van der Waals surface area (Å²) in [6.45, 7) is 2.17. The number of β-amino-alcohol motifs (C(OH)–C–C–N with tert-alkyl or cyclic N) is 1. The van der Waals surface area contributed by atoms with Crippen molar-refractivity contribution in [2.45, 2.75) is 25.5 Å². The van der Waals surface area contributed by atoms with Crippen molar-refractivity contribution in [3.63, 3.8) is 0 Å². The summed E-state index contributed by atoms with van der Waals surface area (Å²) in [5.41, 5.74) is 1.15. The molecule has 0 spiro atoms. The number of nitrogens with zero attached hydrogens (tertiary/aromatic N) is 1. The van der Waals surface area contributed by atoms with E-state index in [-0.39, 0.29) is 30.2 Å². The van der Waals surface area contributed by atoms with Gasteiger partial charge in [0.25, 0.3) is 5.91 Å². The molecule has 2 aromatic rings. The van der Waals surface area contributed by atoms with Crippen LogP contribution in [0.5, 0.6) is 11.5 Å². The van der Waals surface area contributed by atoms with Gasteiger partial charge >= 0.3 is 0 Å². The number of hydrogen-bond donors (Lipinski definition) is 7. The third kappa shape index (κ3) is 6.96. The third-order valence-electron chi connectivity index (χ3n) is 4.99. The number of aliphatic hydroxyl groups is 1. The predicted molar refractivity (Wildman–Crippen MR) is 140 cm³/mol. The second-order valence-electron chi connectivity index (χ2n) is 7.65. The molecule has 0 radical (unpaired) electrons. The van der Waals surface area contributed by atoms with E-state index in [0.717, 1.165) is 4.47 Å². The van der Waals surface area contributed by atoms with Gasteiger partial charge in [-0.1, -0.05) is 22.9 Å². The largest absolute Gasteiger partial charge is 0.508 e. The van der Waals surface area contributed by atoms with E-state index >= 15 is 0 Å². The molecular formula is C22H25BrIN5O5. The van der Waals surface area contributed by atoms with Crippen LogP contribution in [0.4, 0.5) is 5.69 Å². The number of phenolic OH excluding ortho intramolecular Hbond substituents is 2. The van der Waals surface area contributed by atoms with Gasteiger partial charge in [-0.2, -0.15) is 0 Å². The van der Waals surface area contributed by atoms with E-state index in [2.05, 4.69) is 42.2 Å². The summed E-state index contributed by atoms with van der Waals surface area (Å²) in [7, 11) is 0. The van der Waals surface area contributed by atoms with Crippen molar-refractivity contribution in [2.75, 3.05) is 25.0 Å². The molecule has 1 aliphatic rings. The Morgan fingerprint density at radius 2 is 2.03 bits per heavy atom. The first-order valence-electron chi connectivity index (χ1n) is 10.5. The van der Waals surface area contributed by atoms with Gasteiger partial charge in [0.1, 0.15) is 11.5 Å². The first kappa shape index (κ1) is 26.0. The minimum atomic E-state index is -0.564. The van der Waals surface area contributed by atoms with Gasteiger partial charge in [-0.25, -0.2) is 0 Å². The van der Waals surface area contributed by atoms with Gasteiger partial charge in [-0.15, -0.1) is 0 Å². The van der Waals surface area contributed by atoms with Crippen molar-refractivity contribution in [1.29, 1.82) is 0 Å². The van der Waals surface area contributed by atoms with Gasteiger partial charge in [0.2, 0.25) is 5.91 Å². The molecule has 34 heavy (non-hydrogen) atoms. The minimum absolute atomic E-state index is 0.103. The fourth-order valence-electron chi connectivity index (χ4n) is 3.33. The molecule has 2 amide bonds. The second kappa shape index (κ2) is 11.7. The Morgan fingerprint density at radius 1 is 1.26 bits per heavy atom. The highest BCUT2D eigenvalue weighted by Crippen LogP contribution is 2.34. The number of guanidine groups is 1. The van der Waals surface area contributed by atoms with E-state index < -0.39 is 24.0 Å². The quantitative estimate of drug-likeness (QED) is 0.228. The third-order valence-corrected chi connectivity index (χ3v) is 6.27. The van der Waals surface area contributed by atoms with E-state index in [0.29, 0.717) is 33.7 Å². The molecule has 2 unspecified atom stereocenters. The number of nitrogens with one attached hydrogen (secondary N) is 4. The van der Waals surface area contributed by atoms with Crippen molar-refractivity contribution < 1.29 is 24.9 Å². The molecule has 2 aromatic carbocycles. The minimum Gasteiger partial charge on any atom is -0.508 e. The number of anilines is 1. The standard InChI is InChI=1S/C22H25BrIN5O5/c1-2-18(16-5-12(23)6-17(24)20(16)33)29-19(32)10-25-21(34)11-3-13(7-14(30)4-11)28-22-26-8-15(31)9-27-22/h3-7,15,18,30-31,33H,2,8-10H2,1H3,(H,25,34)(H,29,32)(H2,26,27,28). The molecule has 0 aromatic heterocycles. The molecule has 0 saturated heterocycles. The zero-order chi connectivity index (χ0) is 24.8. The van der Waals surface area contributed by atoms with Crippen LogP contribution in [-0.4, -0.2) is 58.8 Å². The molecule has 1 aliphatic heterocycles. The van der Waals surface area contributed by atoms with Gasteiger partial charge < -0.3 is 36.6 Å². The van der Waals surface area contributed by atoms with Crippen LogP contribution in [0.1, 0.15) is 35.3 Å². The Bertz CT molecular complexity index is 1110. The predicted octanol–water partition coefficient (Wildman–Crippen LogP) is 2.19. The smallest absolute Gasteiger partial charge is 0.251 e. The molecule has 12 heteroatoms. The van der Waals surface area contributed by atoms with Crippen molar-refractivity contribution in [3.8, 4) is 11.5 Å². The summed E-state index contributed by atoms with van der Waals surface area (Å²) >= 11 is 5.41. The van der Waals surface area contributed by atoms with E-state index in [4.69, 9.17) is 0 Å². The van der Waals surface area contributed by atoms with E-state index in [1.54, 1.807) is 12.1 Å². The number of benzene rings is 2. The zero-order valence-corrected chi connectivity index (χ0v) is 22.0. The van der Waals surface area contributed by atoms with Crippen LogP contribution >= 0.6 is 38.5 Å². The number of carbonyl (C=O) groups is 2. The molecule has 0 aliphatic carbocycles. The first-order valence-corrected chi connectivity index (χ1v) is 12.4. The van der Waals surface area contributed by atoms with Crippen molar-refractivity contribution in [1.82, 2.24) is 16.0 Å². The Morgan fingerprint density at radius 3 is 2.71 bits per heavy atom. The summed E-state index contributed by atoms with van der Waals surface area (Å²) in [4.78, 5) is 29.2. The normalized spacial score (nSPS) is 16.1. The van der Waals surface area contributed by atoms with E-state index in [9.17, 15) is 24.9 Å². The maximum atomic E-state index is 12.6. The van der Waals surface area contributed by atoms with Gasteiger partial charge in [0.05, 0.1) is 28.8 Å². The lowest BCUT2D eigenvalue weighted by molar-refractivity contribution is -0.120. The highest BCUT2D eigenvalue weighted by atomic mass is 127. The van der Waals surface area contributed by atoms with Crippen LogP contribution in [0.3, 0.4) is 0 Å². The average Bonchev–Trinajstić information content (AvgIpc) is 2.79. The summed E-state index contributed by atoms with van der Waals surface area (Å²) in [6.07, 6.45) is -0.0263. The van der Waals surface area contributed by atoms with Crippen LogP contribution in [0, 0.1) is 3.57 Å². The van der Waals surface area contributed by atoms with Crippen LogP contribution in [-0.2, 0) is 4.79 Å². The molecule has 1 heterocycles. The number of amides is 2. The highest BCUT2D eigenvalue weighted by molar-refractivity contribution is 14.1. The molecule has 0 bridgehead atoms. The molecule has 2 atom stereocenters. The SMILES string of the molecule is CCC(NC(=O)CNC(=O)c1cc(O)cc(NC2=NCC(O)CN2)c1)c1cc(Br)cc(I)c1O. The van der Waals surface area contributed by atoms with Gasteiger partial charge in [-0.05, 0) is 53.3 Å². The summed E-state index contributed by atoms with van der Waals surface area (Å²) in [6, 6.07) is 7.31. The molecule has 7 N–H and O–H groups in total. The lowest BCUT2D eigenvalue weighted by Gasteiger charge is -2.20. The van der Waals surface area contributed by atoms with Crippen LogP contribution < -0.4 is 21.3 Å². The topological polar surface area (TPSA) is 155 Å². The number of aliphatic imine (C=N–C) groups is 1. The summed E-state index contributed by atoms with van der Waals surface area (Å²) < 4.78 is 1.44. The molecule has 182 valence electrons. The molecular weight excluding hydrogens is 621 g/mol. The number of aliphatic hydroxyl groups excluding tert-OH is 1. The van der Waals surface area contributed by atoms with E-state index in [1.165, 1.54) is 18.2 Å². The Hall–Kier alpha value is -2.58. The number of carbonyl (C=O) groups excluding carboxylic acids is 2. The lowest BCUT2D eigenvalue weighted by atomic mass is 10.0. The van der Waals surface area contributed by atoms with Gasteiger partial charge in [0, 0.05) is 33.9 Å². The summed E-state index contributed by atoms with van der Waals surface area (Å²) in [5.74, 6) is -0.589. The van der Waals surface area contributed by atoms with Crippen molar-refractivity contribution in [2.24, 2.45) is 4.99 Å². The number of hydrogen-bond acceptors (Lipinski definition) is 8. The number of halogens is 2. The monoisotopic (exact) mass is 645 g/mol. The highest BCUT2D eigenvalue weighted by Gasteiger charge is 2.20.